The smallest absolute Gasteiger partial charge is 0.337 e. The minimum absolute atomic E-state index is 0.128. The highest BCUT2D eigenvalue weighted by atomic mass is 127. The van der Waals surface area contributed by atoms with Gasteiger partial charge in [0.25, 0.3) is 11.1 Å². The molecule has 40 heavy (non-hydrogen) atoms. The number of fused-ring (bicyclic) bond motifs is 1. The zero-order valence-corrected chi connectivity index (χ0v) is 23.7. The first-order valence-corrected chi connectivity index (χ1v) is 13.1. The molecule has 2 heterocycles. The van der Waals surface area contributed by atoms with Gasteiger partial charge in [0.2, 0.25) is 0 Å². The van der Waals surface area contributed by atoms with E-state index in [1.807, 2.05) is 22.6 Å². The monoisotopic (exact) mass is 657 g/mol. The molecule has 2 aromatic heterocycles. The summed E-state index contributed by atoms with van der Waals surface area (Å²) < 4.78 is 43.9. The van der Waals surface area contributed by atoms with Crippen molar-refractivity contribution in [2.75, 3.05) is 7.11 Å². The van der Waals surface area contributed by atoms with E-state index < -0.39 is 28.4 Å². The van der Waals surface area contributed by atoms with Crippen molar-refractivity contribution in [1.29, 1.82) is 0 Å². The molecule has 0 saturated heterocycles. The van der Waals surface area contributed by atoms with Crippen LogP contribution in [-0.4, -0.2) is 20.8 Å². The molecule has 0 amide bonds. The van der Waals surface area contributed by atoms with Gasteiger partial charge in [0, 0.05) is 16.7 Å². The van der Waals surface area contributed by atoms with E-state index in [-0.39, 0.29) is 34.8 Å². The minimum Gasteiger partial charge on any atom is -0.497 e. The Morgan fingerprint density at radius 2 is 1.62 bits per heavy atom. The Labute approximate surface area is 239 Å². The summed E-state index contributed by atoms with van der Waals surface area (Å²) in [5.74, 6) is -0.564. The normalized spacial score (nSPS) is 11.2. The van der Waals surface area contributed by atoms with Crippen molar-refractivity contribution in [2.24, 2.45) is 7.05 Å². The summed E-state index contributed by atoms with van der Waals surface area (Å²) in [5.41, 5.74) is -1.47. The number of hydrogen-bond donors (Lipinski definition) is 0. The second kappa shape index (κ2) is 10.7. The molecule has 0 aliphatic carbocycles. The van der Waals surface area contributed by atoms with Crippen molar-refractivity contribution in [1.82, 2.24) is 13.7 Å². The molecule has 0 spiro atoms. The van der Waals surface area contributed by atoms with Gasteiger partial charge in [-0.25, -0.2) is 18.1 Å². The average molecular weight is 657 g/mol. The molecule has 0 bridgehead atoms. The highest BCUT2D eigenvalue weighted by Crippen LogP contribution is 2.30. The quantitative estimate of drug-likeness (QED) is 0.243. The number of halogens is 3. The molecule has 0 N–H and O–H groups in total. The number of nitrogens with zero attached hydrogens (tertiary/aromatic N) is 3. The second-order valence-electron chi connectivity index (χ2n) is 9.07. The van der Waals surface area contributed by atoms with Gasteiger partial charge in [-0.3, -0.25) is 18.7 Å². The molecule has 11 heteroatoms. The van der Waals surface area contributed by atoms with Gasteiger partial charge >= 0.3 is 5.69 Å². The molecule has 0 fully saturated rings. The maximum Gasteiger partial charge on any atom is 0.337 e. The first-order valence-electron chi connectivity index (χ1n) is 12.0. The van der Waals surface area contributed by atoms with Gasteiger partial charge in [-0.1, -0.05) is 12.1 Å². The Morgan fingerprint density at radius 3 is 2.27 bits per heavy atom. The van der Waals surface area contributed by atoms with E-state index >= 15 is 4.39 Å². The molecular formula is C29H22F2IN3O5. The molecular weight excluding hydrogens is 635 g/mol. The molecule has 5 rings (SSSR count). The molecule has 3 aromatic carbocycles. The number of rotatable bonds is 6. The van der Waals surface area contributed by atoms with Crippen LogP contribution in [0.15, 0.2) is 81.1 Å². The van der Waals surface area contributed by atoms with Crippen molar-refractivity contribution in [3.8, 4) is 22.9 Å². The molecule has 8 nitrogen and oxygen atoms in total. The van der Waals surface area contributed by atoms with Gasteiger partial charge in [-0.05, 0) is 89.2 Å². The van der Waals surface area contributed by atoms with Crippen molar-refractivity contribution in [2.45, 2.75) is 13.5 Å². The summed E-state index contributed by atoms with van der Waals surface area (Å²) in [5, 5.41) is -0.128. The Morgan fingerprint density at radius 1 is 0.900 bits per heavy atom. The van der Waals surface area contributed by atoms with Gasteiger partial charge in [-0.2, -0.15) is 0 Å². The van der Waals surface area contributed by atoms with Gasteiger partial charge < -0.3 is 9.47 Å². The van der Waals surface area contributed by atoms with Crippen LogP contribution in [0.25, 0.3) is 16.7 Å². The van der Waals surface area contributed by atoms with Crippen LogP contribution in [0.2, 0.25) is 0 Å². The molecule has 0 aliphatic rings. The summed E-state index contributed by atoms with van der Waals surface area (Å²) in [6.45, 7) is 1.46. The minimum atomic E-state index is -0.849. The highest BCUT2D eigenvalue weighted by molar-refractivity contribution is 14.1. The van der Waals surface area contributed by atoms with Gasteiger partial charge in [0.05, 0.1) is 19.3 Å². The van der Waals surface area contributed by atoms with E-state index in [1.165, 1.54) is 44.5 Å². The van der Waals surface area contributed by atoms with E-state index in [9.17, 15) is 18.8 Å². The standard InChI is InChI=1S/C29H22F2IN3O5/c1-16-12-18(30)6-11-23(16)40-24-14-25(36)33(2)27-26(24)28(37)34(15-17-4-8-20(39-3)9-5-17)29(38)35(27)22-10-7-19(32)13-21(22)31/h4-14H,15H2,1-3H3. The van der Waals surface area contributed by atoms with Crippen LogP contribution in [0.5, 0.6) is 17.2 Å². The fourth-order valence-corrected chi connectivity index (χ4v) is 4.87. The first kappa shape index (κ1) is 27.3. The van der Waals surface area contributed by atoms with Crippen molar-refractivity contribution in [3.05, 3.63) is 124 Å². The largest absolute Gasteiger partial charge is 0.497 e. The van der Waals surface area contributed by atoms with Gasteiger partial charge in [0.15, 0.2) is 0 Å². The summed E-state index contributed by atoms with van der Waals surface area (Å²) in [4.78, 5) is 41.0. The van der Waals surface area contributed by atoms with Crippen LogP contribution >= 0.6 is 22.6 Å². The van der Waals surface area contributed by atoms with Crippen LogP contribution in [0.3, 0.4) is 0 Å². The van der Waals surface area contributed by atoms with E-state index in [4.69, 9.17) is 9.47 Å². The summed E-state index contributed by atoms with van der Waals surface area (Å²) in [7, 11) is 2.90. The predicted octanol–water partition coefficient (Wildman–Crippen LogP) is 4.89. The molecule has 0 radical (unpaired) electrons. The maximum absolute atomic E-state index is 15.3. The number of aromatic nitrogens is 3. The third-order valence-electron chi connectivity index (χ3n) is 6.47. The predicted molar refractivity (Wildman–Crippen MR) is 155 cm³/mol. The SMILES string of the molecule is COc1ccc(Cn2c(=O)c3c(Oc4ccc(F)cc4C)cc(=O)n(C)c3n(-c3ccc(I)cc3F)c2=O)cc1. The summed E-state index contributed by atoms with van der Waals surface area (Å²) in [6.07, 6.45) is 0. The third kappa shape index (κ3) is 4.92. The Hall–Kier alpha value is -4.26. The number of benzene rings is 3. The fraction of sp³-hybridized carbons (Fsp3) is 0.138. The molecule has 0 unspecified atom stereocenters. The second-order valence-corrected chi connectivity index (χ2v) is 10.3. The Balaban J connectivity index is 1.87. The molecule has 0 atom stereocenters. The Kier molecular flexibility index (Phi) is 7.32. The van der Waals surface area contributed by atoms with Crippen molar-refractivity contribution >= 4 is 33.6 Å². The number of ether oxygens (including phenoxy) is 2. The van der Waals surface area contributed by atoms with Gasteiger partial charge in [-0.15, -0.1) is 0 Å². The van der Waals surface area contributed by atoms with Crippen LogP contribution < -0.4 is 26.3 Å². The first-order chi connectivity index (χ1) is 19.1. The lowest BCUT2D eigenvalue weighted by Crippen LogP contribution is -2.42. The highest BCUT2D eigenvalue weighted by Gasteiger charge is 2.24. The number of pyridine rings is 1. The average Bonchev–Trinajstić information content (AvgIpc) is 2.92. The number of methoxy groups -OCH3 is 1. The molecule has 0 aliphatic heterocycles. The summed E-state index contributed by atoms with van der Waals surface area (Å²) in [6, 6.07) is 16.0. The van der Waals surface area contributed by atoms with Crippen molar-refractivity contribution in [3.63, 3.8) is 0 Å². The van der Waals surface area contributed by atoms with Crippen molar-refractivity contribution < 1.29 is 18.3 Å². The van der Waals surface area contributed by atoms with E-state index in [2.05, 4.69) is 0 Å². The van der Waals surface area contributed by atoms with E-state index in [0.29, 0.717) is 20.4 Å². The number of aryl methyl sites for hydroxylation is 2. The lowest BCUT2D eigenvalue weighted by Gasteiger charge is -2.19. The summed E-state index contributed by atoms with van der Waals surface area (Å²) >= 11 is 1.94. The number of hydrogen-bond acceptors (Lipinski definition) is 5. The molecule has 5 aromatic rings. The Bertz CT molecular complexity index is 1960. The topological polar surface area (TPSA) is 84.5 Å². The van der Waals surface area contributed by atoms with E-state index in [1.54, 1.807) is 37.3 Å². The van der Waals surface area contributed by atoms with Gasteiger partial charge in [0.1, 0.15) is 39.9 Å². The maximum atomic E-state index is 15.3. The molecule has 0 saturated carbocycles. The zero-order chi connectivity index (χ0) is 28.7. The van der Waals surface area contributed by atoms with Crippen LogP contribution in [0.4, 0.5) is 8.78 Å². The zero-order valence-electron chi connectivity index (χ0n) is 21.6. The third-order valence-corrected chi connectivity index (χ3v) is 7.14. The fourth-order valence-electron chi connectivity index (χ4n) is 4.42. The molecule has 204 valence electrons. The lowest BCUT2D eigenvalue weighted by molar-refractivity contribution is 0.414. The van der Waals surface area contributed by atoms with Crippen LogP contribution in [0, 0.1) is 22.1 Å². The van der Waals surface area contributed by atoms with Crippen LogP contribution in [-0.2, 0) is 13.6 Å². The lowest BCUT2D eigenvalue weighted by atomic mass is 10.2. The van der Waals surface area contributed by atoms with E-state index in [0.717, 1.165) is 19.8 Å². The van der Waals surface area contributed by atoms with Crippen LogP contribution in [0.1, 0.15) is 11.1 Å².